The van der Waals surface area contributed by atoms with Gasteiger partial charge in [-0.15, -0.1) is 0 Å². The summed E-state index contributed by atoms with van der Waals surface area (Å²) in [6.45, 7) is 6.62. The fraction of sp³-hybridized carbons (Fsp3) is 0.389. The van der Waals surface area contributed by atoms with Crippen LogP contribution in [-0.4, -0.2) is 27.9 Å². The number of anilines is 1. The number of carbonyl (C=O) groups is 2. The van der Waals surface area contributed by atoms with E-state index in [1.807, 2.05) is 49.6 Å². The van der Waals surface area contributed by atoms with Crippen LogP contribution in [0.3, 0.4) is 0 Å². The predicted molar refractivity (Wildman–Crippen MR) is 94.2 cm³/mol. The first kappa shape index (κ1) is 17.7. The molecule has 0 radical (unpaired) electrons. The SMILES string of the molecule is CCCNC(=O)CCC(=O)Nc1ccc(-n2cnc(C)c2C)cc1. The van der Waals surface area contributed by atoms with Gasteiger partial charge in [-0.25, -0.2) is 4.98 Å². The van der Waals surface area contributed by atoms with Crippen LogP contribution < -0.4 is 10.6 Å². The maximum absolute atomic E-state index is 11.9. The molecule has 0 saturated carbocycles. The summed E-state index contributed by atoms with van der Waals surface area (Å²) >= 11 is 0. The first-order chi connectivity index (χ1) is 11.5. The molecule has 2 rings (SSSR count). The van der Waals surface area contributed by atoms with E-state index in [4.69, 9.17) is 0 Å². The van der Waals surface area contributed by atoms with Crippen molar-refractivity contribution < 1.29 is 9.59 Å². The number of imidazole rings is 1. The number of benzene rings is 1. The second-order valence-corrected chi connectivity index (χ2v) is 5.73. The van der Waals surface area contributed by atoms with E-state index < -0.39 is 0 Å². The van der Waals surface area contributed by atoms with Gasteiger partial charge in [0.2, 0.25) is 11.8 Å². The second kappa shape index (κ2) is 8.29. The Morgan fingerprint density at radius 3 is 2.33 bits per heavy atom. The number of carbonyl (C=O) groups excluding carboxylic acids is 2. The van der Waals surface area contributed by atoms with Crippen LogP contribution in [0.5, 0.6) is 0 Å². The van der Waals surface area contributed by atoms with Gasteiger partial charge in [-0.05, 0) is 44.5 Å². The fourth-order valence-electron chi connectivity index (χ4n) is 2.27. The Kier molecular flexibility index (Phi) is 6.12. The summed E-state index contributed by atoms with van der Waals surface area (Å²) in [5, 5.41) is 5.56. The Balaban J connectivity index is 1.88. The Labute approximate surface area is 142 Å². The highest BCUT2D eigenvalue weighted by atomic mass is 16.2. The van der Waals surface area contributed by atoms with Crippen molar-refractivity contribution in [2.45, 2.75) is 40.0 Å². The van der Waals surface area contributed by atoms with E-state index in [1.54, 1.807) is 6.33 Å². The molecular weight excluding hydrogens is 304 g/mol. The maximum Gasteiger partial charge on any atom is 0.224 e. The number of aryl methyl sites for hydroxylation is 1. The van der Waals surface area contributed by atoms with Crippen LogP contribution in [0, 0.1) is 13.8 Å². The third kappa shape index (κ3) is 4.68. The van der Waals surface area contributed by atoms with Gasteiger partial charge in [0.25, 0.3) is 0 Å². The molecule has 0 atom stereocenters. The molecule has 6 nitrogen and oxygen atoms in total. The monoisotopic (exact) mass is 328 g/mol. The van der Waals surface area contributed by atoms with Gasteiger partial charge in [0.1, 0.15) is 0 Å². The maximum atomic E-state index is 11.9. The molecule has 0 spiro atoms. The van der Waals surface area contributed by atoms with Gasteiger partial charge in [-0.2, -0.15) is 0 Å². The van der Waals surface area contributed by atoms with Crippen molar-refractivity contribution in [2.24, 2.45) is 0 Å². The van der Waals surface area contributed by atoms with Crippen LogP contribution >= 0.6 is 0 Å². The third-order valence-corrected chi connectivity index (χ3v) is 3.83. The second-order valence-electron chi connectivity index (χ2n) is 5.73. The van der Waals surface area contributed by atoms with E-state index in [0.29, 0.717) is 12.2 Å². The number of aromatic nitrogens is 2. The lowest BCUT2D eigenvalue weighted by Gasteiger charge is -2.09. The van der Waals surface area contributed by atoms with Gasteiger partial charge in [-0.3, -0.25) is 9.59 Å². The minimum absolute atomic E-state index is 0.0895. The first-order valence-electron chi connectivity index (χ1n) is 8.18. The van der Waals surface area contributed by atoms with Gasteiger partial charge in [0.05, 0.1) is 12.0 Å². The zero-order valence-electron chi connectivity index (χ0n) is 14.4. The van der Waals surface area contributed by atoms with Crippen molar-refractivity contribution in [1.82, 2.24) is 14.9 Å². The Hall–Kier alpha value is -2.63. The Morgan fingerprint density at radius 2 is 1.75 bits per heavy atom. The molecule has 1 aromatic carbocycles. The number of rotatable bonds is 7. The van der Waals surface area contributed by atoms with Gasteiger partial charge in [0, 0.05) is 36.5 Å². The van der Waals surface area contributed by atoms with Crippen molar-refractivity contribution in [1.29, 1.82) is 0 Å². The normalized spacial score (nSPS) is 10.5. The molecule has 0 fully saturated rings. The number of nitrogens with zero attached hydrogens (tertiary/aromatic N) is 2. The number of hydrogen-bond acceptors (Lipinski definition) is 3. The highest BCUT2D eigenvalue weighted by Crippen LogP contribution is 2.16. The van der Waals surface area contributed by atoms with Crippen LogP contribution in [0.25, 0.3) is 5.69 Å². The van der Waals surface area contributed by atoms with E-state index >= 15 is 0 Å². The van der Waals surface area contributed by atoms with Crippen LogP contribution in [0.15, 0.2) is 30.6 Å². The molecule has 6 heteroatoms. The van der Waals surface area contributed by atoms with Crippen LogP contribution in [0.4, 0.5) is 5.69 Å². The minimum atomic E-state index is -0.163. The fourth-order valence-corrected chi connectivity index (χ4v) is 2.27. The summed E-state index contributed by atoms with van der Waals surface area (Å²) in [5.41, 5.74) is 3.79. The molecular formula is C18H24N4O2. The molecule has 2 amide bonds. The molecule has 24 heavy (non-hydrogen) atoms. The van der Waals surface area contributed by atoms with E-state index in [1.165, 1.54) is 0 Å². The highest BCUT2D eigenvalue weighted by Gasteiger charge is 2.08. The molecule has 0 aliphatic rings. The summed E-state index contributed by atoms with van der Waals surface area (Å²) in [5.74, 6) is -0.252. The minimum Gasteiger partial charge on any atom is -0.356 e. The molecule has 2 N–H and O–H groups in total. The Morgan fingerprint density at radius 1 is 1.08 bits per heavy atom. The quantitative estimate of drug-likeness (QED) is 0.820. The summed E-state index contributed by atoms with van der Waals surface area (Å²) in [7, 11) is 0. The van der Waals surface area contributed by atoms with Gasteiger partial charge in [0.15, 0.2) is 0 Å². The lowest BCUT2D eigenvalue weighted by atomic mass is 10.2. The molecule has 128 valence electrons. The van der Waals surface area contributed by atoms with Crippen molar-refractivity contribution >= 4 is 17.5 Å². The van der Waals surface area contributed by atoms with E-state index in [2.05, 4.69) is 15.6 Å². The summed E-state index contributed by atoms with van der Waals surface area (Å²) < 4.78 is 2.00. The molecule has 2 aromatic rings. The molecule has 0 saturated heterocycles. The highest BCUT2D eigenvalue weighted by molar-refractivity contribution is 5.93. The third-order valence-electron chi connectivity index (χ3n) is 3.83. The van der Waals surface area contributed by atoms with E-state index in [9.17, 15) is 9.59 Å². The number of nitrogens with one attached hydrogen (secondary N) is 2. The molecule has 0 bridgehead atoms. The summed E-state index contributed by atoms with van der Waals surface area (Å²) in [4.78, 5) is 27.7. The van der Waals surface area contributed by atoms with Gasteiger partial charge >= 0.3 is 0 Å². The lowest BCUT2D eigenvalue weighted by Crippen LogP contribution is -2.25. The lowest BCUT2D eigenvalue weighted by molar-refractivity contribution is -0.124. The smallest absolute Gasteiger partial charge is 0.224 e. The first-order valence-corrected chi connectivity index (χ1v) is 8.18. The molecule has 1 aromatic heterocycles. The summed E-state index contributed by atoms with van der Waals surface area (Å²) in [6.07, 6.45) is 3.06. The number of amides is 2. The Bertz CT molecular complexity index is 704. The molecule has 0 aliphatic carbocycles. The average molecular weight is 328 g/mol. The van der Waals surface area contributed by atoms with E-state index in [-0.39, 0.29) is 24.7 Å². The summed E-state index contributed by atoms with van der Waals surface area (Å²) in [6, 6.07) is 7.55. The number of hydrogen-bond donors (Lipinski definition) is 2. The van der Waals surface area contributed by atoms with Crippen LogP contribution in [0.2, 0.25) is 0 Å². The van der Waals surface area contributed by atoms with Crippen LogP contribution in [0.1, 0.15) is 37.6 Å². The van der Waals surface area contributed by atoms with Crippen molar-refractivity contribution in [3.63, 3.8) is 0 Å². The van der Waals surface area contributed by atoms with Gasteiger partial charge in [-0.1, -0.05) is 6.92 Å². The predicted octanol–water partition coefficient (Wildman–Crippen LogP) is 2.73. The topological polar surface area (TPSA) is 76.0 Å². The molecule has 1 heterocycles. The van der Waals surface area contributed by atoms with Crippen LogP contribution in [-0.2, 0) is 9.59 Å². The molecule has 0 aliphatic heterocycles. The molecule has 0 unspecified atom stereocenters. The largest absolute Gasteiger partial charge is 0.356 e. The van der Waals surface area contributed by atoms with Crippen molar-refractivity contribution in [3.05, 3.63) is 42.0 Å². The average Bonchev–Trinajstić information content (AvgIpc) is 2.91. The van der Waals surface area contributed by atoms with Crippen molar-refractivity contribution in [2.75, 3.05) is 11.9 Å². The van der Waals surface area contributed by atoms with E-state index in [0.717, 1.165) is 23.5 Å². The zero-order chi connectivity index (χ0) is 17.5. The van der Waals surface area contributed by atoms with Gasteiger partial charge < -0.3 is 15.2 Å². The zero-order valence-corrected chi connectivity index (χ0v) is 14.4. The van der Waals surface area contributed by atoms with Crippen molar-refractivity contribution in [3.8, 4) is 5.69 Å². The standard InChI is InChI=1S/C18H24N4O2/c1-4-11-19-17(23)9-10-18(24)21-15-5-7-16(8-6-15)22-12-20-13(2)14(22)3/h5-8,12H,4,9-11H2,1-3H3,(H,19,23)(H,21,24).